The first kappa shape index (κ1) is 19.2. The zero-order chi connectivity index (χ0) is 19.2. The van der Waals surface area contributed by atoms with Crippen LogP contribution in [0.4, 0.5) is 11.4 Å². The molecule has 2 aromatic rings. The van der Waals surface area contributed by atoms with E-state index in [1.54, 1.807) is 4.90 Å². The van der Waals surface area contributed by atoms with Crippen molar-refractivity contribution in [3.63, 3.8) is 0 Å². The molecule has 0 radical (unpaired) electrons. The Morgan fingerprint density at radius 1 is 1.15 bits per heavy atom. The summed E-state index contributed by atoms with van der Waals surface area (Å²) in [6.07, 6.45) is 0.966. The van der Waals surface area contributed by atoms with Gasteiger partial charge >= 0.3 is 0 Å². The van der Waals surface area contributed by atoms with Gasteiger partial charge in [0.25, 0.3) is 0 Å². The molecule has 6 heteroatoms. The number of hydrogen-bond acceptors (Lipinski definition) is 4. The summed E-state index contributed by atoms with van der Waals surface area (Å²) in [5, 5.41) is 3.13. The second-order valence-electron chi connectivity index (χ2n) is 6.39. The lowest BCUT2D eigenvalue weighted by atomic mass is 10.2. The molecule has 0 aliphatic carbocycles. The summed E-state index contributed by atoms with van der Waals surface area (Å²) in [7, 11) is 0. The molecule has 1 atom stereocenters. The second kappa shape index (κ2) is 8.86. The van der Waals surface area contributed by atoms with E-state index in [4.69, 9.17) is 0 Å². The predicted octanol–water partition coefficient (Wildman–Crippen LogP) is 4.37. The first-order chi connectivity index (χ1) is 13.1. The van der Waals surface area contributed by atoms with Crippen molar-refractivity contribution in [2.45, 2.75) is 31.9 Å². The molecule has 2 aromatic carbocycles. The first-order valence-corrected chi connectivity index (χ1v) is 9.93. The molecular weight excluding hydrogens is 358 g/mol. The Morgan fingerprint density at radius 2 is 1.85 bits per heavy atom. The molecule has 1 aliphatic heterocycles. The van der Waals surface area contributed by atoms with Crippen LogP contribution < -0.4 is 5.32 Å². The fourth-order valence-corrected chi connectivity index (χ4v) is 4.03. The minimum absolute atomic E-state index is 0.0449. The number of rotatable bonds is 6. The SMILES string of the molecule is CCCN1C(=O)[C@@H](CC(=O)Nc2ccccc2C)SC1=Nc1ccccc1. The van der Waals surface area contributed by atoms with E-state index < -0.39 is 5.25 Å². The summed E-state index contributed by atoms with van der Waals surface area (Å²) in [6.45, 7) is 4.57. The van der Waals surface area contributed by atoms with Gasteiger partial charge in [0, 0.05) is 18.7 Å². The maximum Gasteiger partial charge on any atom is 0.242 e. The van der Waals surface area contributed by atoms with Crippen molar-refractivity contribution in [3.8, 4) is 0 Å². The quantitative estimate of drug-likeness (QED) is 0.808. The van der Waals surface area contributed by atoms with Gasteiger partial charge in [-0.05, 0) is 37.1 Å². The summed E-state index contributed by atoms with van der Waals surface area (Å²) < 4.78 is 0. The molecule has 1 heterocycles. The van der Waals surface area contributed by atoms with Crippen LogP contribution in [0.25, 0.3) is 0 Å². The highest BCUT2D eigenvalue weighted by Crippen LogP contribution is 2.32. The van der Waals surface area contributed by atoms with Gasteiger partial charge in [-0.15, -0.1) is 0 Å². The number of amides is 2. The maximum atomic E-state index is 12.8. The average Bonchev–Trinajstić information content (AvgIpc) is 2.93. The highest BCUT2D eigenvalue weighted by Gasteiger charge is 2.38. The Balaban J connectivity index is 1.72. The van der Waals surface area contributed by atoms with Gasteiger partial charge in [0.05, 0.1) is 5.69 Å². The van der Waals surface area contributed by atoms with Gasteiger partial charge in [0.1, 0.15) is 5.25 Å². The monoisotopic (exact) mass is 381 g/mol. The molecule has 1 N–H and O–H groups in total. The lowest BCUT2D eigenvalue weighted by Gasteiger charge is -2.15. The van der Waals surface area contributed by atoms with Crippen molar-refractivity contribution < 1.29 is 9.59 Å². The number of carbonyl (C=O) groups excluding carboxylic acids is 2. The van der Waals surface area contributed by atoms with Crippen LogP contribution in [0.1, 0.15) is 25.3 Å². The summed E-state index contributed by atoms with van der Waals surface area (Å²) in [5.41, 5.74) is 2.58. The van der Waals surface area contributed by atoms with Gasteiger partial charge in [-0.3, -0.25) is 14.5 Å². The average molecular weight is 382 g/mol. The fraction of sp³-hybridized carbons (Fsp3) is 0.286. The number of hydrogen-bond donors (Lipinski definition) is 1. The van der Waals surface area contributed by atoms with E-state index in [-0.39, 0.29) is 18.2 Å². The topological polar surface area (TPSA) is 61.8 Å². The predicted molar refractivity (Wildman–Crippen MR) is 111 cm³/mol. The van der Waals surface area contributed by atoms with E-state index in [1.807, 2.05) is 68.4 Å². The molecule has 3 rings (SSSR count). The van der Waals surface area contributed by atoms with Gasteiger partial charge in [0.15, 0.2) is 5.17 Å². The zero-order valence-corrected chi connectivity index (χ0v) is 16.3. The Morgan fingerprint density at radius 3 is 2.56 bits per heavy atom. The number of anilines is 1. The number of para-hydroxylation sites is 2. The number of aliphatic imine (C=N–C) groups is 1. The Kier molecular flexibility index (Phi) is 6.29. The van der Waals surface area contributed by atoms with Crippen LogP contribution in [-0.4, -0.2) is 33.7 Å². The third-order valence-corrected chi connectivity index (χ3v) is 5.41. The van der Waals surface area contributed by atoms with Gasteiger partial charge in [-0.2, -0.15) is 0 Å². The Bertz CT molecular complexity index is 852. The first-order valence-electron chi connectivity index (χ1n) is 9.05. The molecule has 1 fully saturated rings. The highest BCUT2D eigenvalue weighted by atomic mass is 32.2. The molecule has 27 heavy (non-hydrogen) atoms. The smallest absolute Gasteiger partial charge is 0.242 e. The van der Waals surface area contributed by atoms with E-state index in [0.29, 0.717) is 11.7 Å². The highest BCUT2D eigenvalue weighted by molar-refractivity contribution is 8.15. The molecule has 0 aromatic heterocycles. The van der Waals surface area contributed by atoms with E-state index in [0.717, 1.165) is 23.4 Å². The maximum absolute atomic E-state index is 12.8. The van der Waals surface area contributed by atoms with Crippen molar-refractivity contribution in [1.29, 1.82) is 0 Å². The van der Waals surface area contributed by atoms with Gasteiger partial charge in [0.2, 0.25) is 11.8 Å². The summed E-state index contributed by atoms with van der Waals surface area (Å²) in [5.74, 6) is -0.205. The summed E-state index contributed by atoms with van der Waals surface area (Å²) in [6, 6.07) is 17.2. The number of carbonyl (C=O) groups is 2. The van der Waals surface area contributed by atoms with Gasteiger partial charge in [-0.1, -0.05) is 55.1 Å². The van der Waals surface area contributed by atoms with E-state index >= 15 is 0 Å². The van der Waals surface area contributed by atoms with Crippen LogP contribution >= 0.6 is 11.8 Å². The van der Waals surface area contributed by atoms with Gasteiger partial charge < -0.3 is 5.32 Å². The number of nitrogens with one attached hydrogen (secondary N) is 1. The van der Waals surface area contributed by atoms with Crippen LogP contribution in [0.5, 0.6) is 0 Å². The van der Waals surface area contributed by atoms with Crippen molar-refractivity contribution in [1.82, 2.24) is 4.90 Å². The van der Waals surface area contributed by atoms with Crippen molar-refractivity contribution in [3.05, 3.63) is 60.2 Å². The van der Waals surface area contributed by atoms with Crippen LogP contribution in [0.15, 0.2) is 59.6 Å². The van der Waals surface area contributed by atoms with Crippen molar-refractivity contribution in [2.24, 2.45) is 4.99 Å². The molecule has 0 bridgehead atoms. The fourth-order valence-electron chi connectivity index (χ4n) is 2.85. The molecule has 5 nitrogen and oxygen atoms in total. The lowest BCUT2D eigenvalue weighted by molar-refractivity contribution is -0.128. The van der Waals surface area contributed by atoms with Crippen LogP contribution in [0, 0.1) is 6.92 Å². The van der Waals surface area contributed by atoms with E-state index in [9.17, 15) is 9.59 Å². The number of amidine groups is 1. The zero-order valence-electron chi connectivity index (χ0n) is 15.5. The molecule has 1 aliphatic rings. The normalized spacial score (nSPS) is 18.1. The Hall–Kier alpha value is -2.60. The minimum atomic E-state index is -0.442. The molecule has 2 amide bonds. The van der Waals surface area contributed by atoms with Crippen molar-refractivity contribution in [2.75, 3.05) is 11.9 Å². The molecule has 0 saturated carbocycles. The molecule has 0 spiro atoms. The van der Waals surface area contributed by atoms with E-state index in [1.165, 1.54) is 11.8 Å². The Labute approximate surface area is 163 Å². The van der Waals surface area contributed by atoms with Gasteiger partial charge in [-0.25, -0.2) is 4.99 Å². The number of aryl methyl sites for hydroxylation is 1. The second-order valence-corrected chi connectivity index (χ2v) is 7.56. The molecule has 140 valence electrons. The van der Waals surface area contributed by atoms with E-state index in [2.05, 4.69) is 10.3 Å². The van der Waals surface area contributed by atoms with Crippen LogP contribution in [0.3, 0.4) is 0 Å². The summed E-state index contributed by atoms with van der Waals surface area (Å²) in [4.78, 5) is 31.6. The van der Waals surface area contributed by atoms with Crippen LogP contribution in [-0.2, 0) is 9.59 Å². The third-order valence-electron chi connectivity index (χ3n) is 4.24. The largest absolute Gasteiger partial charge is 0.326 e. The third kappa shape index (κ3) is 4.77. The van der Waals surface area contributed by atoms with Crippen LogP contribution in [0.2, 0.25) is 0 Å². The molecule has 1 saturated heterocycles. The number of nitrogens with zero attached hydrogens (tertiary/aromatic N) is 2. The molecular formula is C21H23N3O2S. The summed E-state index contributed by atoms with van der Waals surface area (Å²) >= 11 is 1.37. The standard InChI is InChI=1S/C21H23N3O2S/c1-3-13-24-20(26)18(27-21(24)22-16-10-5-4-6-11-16)14-19(25)23-17-12-8-7-9-15(17)2/h4-12,18H,3,13-14H2,1-2H3,(H,23,25)/t18-/m1/s1. The van der Waals surface area contributed by atoms with Crippen molar-refractivity contribution >= 4 is 40.1 Å². The number of benzene rings is 2. The lowest BCUT2D eigenvalue weighted by Crippen LogP contribution is -2.34. The molecule has 0 unspecified atom stereocenters. The minimum Gasteiger partial charge on any atom is -0.326 e. The number of thioether (sulfide) groups is 1.